The van der Waals surface area contributed by atoms with Crippen molar-refractivity contribution in [3.8, 4) is 22.6 Å². The number of benzene rings is 2. The maximum atomic E-state index is 13.0. The van der Waals surface area contributed by atoms with Gasteiger partial charge in [0.15, 0.2) is 11.3 Å². The van der Waals surface area contributed by atoms with Gasteiger partial charge in [-0.2, -0.15) is 0 Å². The van der Waals surface area contributed by atoms with Crippen LogP contribution in [0.25, 0.3) is 22.1 Å². The maximum Gasteiger partial charge on any atom is 0.206 e. The minimum atomic E-state index is -0.103. The van der Waals surface area contributed by atoms with E-state index in [0.717, 1.165) is 11.1 Å². The van der Waals surface area contributed by atoms with Crippen LogP contribution in [0.15, 0.2) is 39.5 Å². The van der Waals surface area contributed by atoms with Crippen LogP contribution < -0.4 is 14.9 Å². The minimum Gasteiger partial charge on any atom is -0.491 e. The second-order valence-corrected chi connectivity index (χ2v) is 5.77. The van der Waals surface area contributed by atoms with Crippen molar-refractivity contribution >= 4 is 22.6 Å². The van der Waals surface area contributed by atoms with E-state index >= 15 is 0 Å². The molecular formula is C18H13ClO4. The fourth-order valence-corrected chi connectivity index (χ4v) is 3.43. The standard InChI is InChI=1S/C18H13ClO4/c1-21-17-12(19)8-11-15(20)14-10-6-4-3-5-9(10)7-13(14)23-16(11)18(17)22-2/h3-6,8H,7H2,1-2H3. The second kappa shape index (κ2) is 5.03. The Balaban J connectivity index is 2.14. The van der Waals surface area contributed by atoms with Crippen molar-refractivity contribution in [2.75, 3.05) is 14.2 Å². The summed E-state index contributed by atoms with van der Waals surface area (Å²) in [7, 11) is 2.99. The van der Waals surface area contributed by atoms with Crippen molar-refractivity contribution in [3.63, 3.8) is 0 Å². The molecule has 0 saturated carbocycles. The van der Waals surface area contributed by atoms with Gasteiger partial charge in [-0.15, -0.1) is 0 Å². The zero-order valence-corrected chi connectivity index (χ0v) is 13.4. The van der Waals surface area contributed by atoms with Gasteiger partial charge in [0.05, 0.1) is 30.2 Å². The molecule has 0 bridgehead atoms. The smallest absolute Gasteiger partial charge is 0.206 e. The fraction of sp³-hybridized carbons (Fsp3) is 0.167. The Labute approximate surface area is 137 Å². The first kappa shape index (κ1) is 14.2. The van der Waals surface area contributed by atoms with Crippen molar-refractivity contribution in [1.82, 2.24) is 0 Å². The Hall–Kier alpha value is -2.46. The summed E-state index contributed by atoms with van der Waals surface area (Å²) in [5, 5.41) is 0.707. The highest BCUT2D eigenvalue weighted by Gasteiger charge is 2.27. The Kier molecular flexibility index (Phi) is 3.10. The lowest BCUT2D eigenvalue weighted by Crippen LogP contribution is -2.07. The number of methoxy groups -OCH3 is 2. The molecule has 2 aromatic carbocycles. The average molecular weight is 329 g/mol. The molecule has 5 heteroatoms. The molecule has 3 aromatic rings. The Morgan fingerprint density at radius 2 is 1.87 bits per heavy atom. The summed E-state index contributed by atoms with van der Waals surface area (Å²) in [5.74, 6) is 1.34. The normalized spacial score (nSPS) is 12.1. The molecule has 0 fully saturated rings. The van der Waals surface area contributed by atoms with E-state index in [1.54, 1.807) is 6.07 Å². The van der Waals surface area contributed by atoms with Gasteiger partial charge in [-0.25, -0.2) is 0 Å². The summed E-state index contributed by atoms with van der Waals surface area (Å²) < 4.78 is 16.7. The molecule has 23 heavy (non-hydrogen) atoms. The highest BCUT2D eigenvalue weighted by atomic mass is 35.5. The molecular weight excluding hydrogens is 316 g/mol. The molecule has 0 radical (unpaired) electrons. The van der Waals surface area contributed by atoms with Crippen LogP contribution in [0, 0.1) is 0 Å². The van der Waals surface area contributed by atoms with E-state index in [9.17, 15) is 4.79 Å². The van der Waals surface area contributed by atoms with Crippen LogP contribution in [0.1, 0.15) is 11.3 Å². The first-order valence-corrected chi connectivity index (χ1v) is 7.52. The van der Waals surface area contributed by atoms with Crippen LogP contribution in [0.4, 0.5) is 0 Å². The first-order chi connectivity index (χ1) is 11.2. The van der Waals surface area contributed by atoms with Crippen molar-refractivity contribution < 1.29 is 13.9 Å². The van der Waals surface area contributed by atoms with Gasteiger partial charge in [0, 0.05) is 6.42 Å². The zero-order chi connectivity index (χ0) is 16.1. The van der Waals surface area contributed by atoms with E-state index in [-0.39, 0.29) is 5.43 Å². The van der Waals surface area contributed by atoms with Crippen LogP contribution in [0.2, 0.25) is 5.02 Å². The van der Waals surface area contributed by atoms with Gasteiger partial charge < -0.3 is 13.9 Å². The van der Waals surface area contributed by atoms with Crippen LogP contribution >= 0.6 is 11.6 Å². The van der Waals surface area contributed by atoms with Crippen molar-refractivity contribution in [2.45, 2.75) is 6.42 Å². The molecule has 4 rings (SSSR count). The topological polar surface area (TPSA) is 48.7 Å². The van der Waals surface area contributed by atoms with Crippen molar-refractivity contribution in [2.24, 2.45) is 0 Å². The van der Waals surface area contributed by atoms with Gasteiger partial charge in [0.25, 0.3) is 0 Å². The number of fused-ring (bicyclic) bond motifs is 4. The third kappa shape index (κ3) is 1.88. The summed E-state index contributed by atoms with van der Waals surface area (Å²) in [4.78, 5) is 13.0. The predicted molar refractivity (Wildman–Crippen MR) is 88.8 cm³/mol. The maximum absolute atomic E-state index is 13.0. The molecule has 0 amide bonds. The number of hydrogen-bond donors (Lipinski definition) is 0. The summed E-state index contributed by atoms with van der Waals surface area (Å²) in [5.41, 5.74) is 2.87. The number of hydrogen-bond acceptors (Lipinski definition) is 4. The summed E-state index contributed by atoms with van der Waals surface area (Å²) >= 11 is 6.22. The molecule has 1 aliphatic rings. The third-order valence-corrected chi connectivity index (χ3v) is 4.45. The van der Waals surface area contributed by atoms with Gasteiger partial charge in [-0.05, 0) is 17.2 Å². The van der Waals surface area contributed by atoms with Crippen LogP contribution in [0.5, 0.6) is 11.5 Å². The van der Waals surface area contributed by atoms with Crippen molar-refractivity contribution in [1.29, 1.82) is 0 Å². The molecule has 116 valence electrons. The highest BCUT2D eigenvalue weighted by molar-refractivity contribution is 6.33. The molecule has 1 aromatic heterocycles. The molecule has 0 saturated heterocycles. The molecule has 0 unspecified atom stereocenters. The molecule has 0 spiro atoms. The summed E-state index contributed by atoms with van der Waals surface area (Å²) in [6, 6.07) is 9.38. The van der Waals surface area contributed by atoms with Gasteiger partial charge in [0.2, 0.25) is 11.2 Å². The lowest BCUT2D eigenvalue weighted by atomic mass is 10.1. The van der Waals surface area contributed by atoms with Gasteiger partial charge in [-0.3, -0.25) is 4.79 Å². The van der Waals surface area contributed by atoms with E-state index in [1.165, 1.54) is 14.2 Å². The molecule has 1 heterocycles. The van der Waals surface area contributed by atoms with Crippen molar-refractivity contribution in [3.05, 3.63) is 56.9 Å². The summed E-state index contributed by atoms with van der Waals surface area (Å²) in [6.07, 6.45) is 0.588. The molecule has 4 nitrogen and oxygen atoms in total. The Morgan fingerprint density at radius 3 is 2.61 bits per heavy atom. The van der Waals surface area contributed by atoms with E-state index in [4.69, 9.17) is 25.5 Å². The summed E-state index contributed by atoms with van der Waals surface area (Å²) in [6.45, 7) is 0. The van der Waals surface area contributed by atoms with Crippen LogP contribution in [-0.2, 0) is 6.42 Å². The largest absolute Gasteiger partial charge is 0.491 e. The number of rotatable bonds is 2. The zero-order valence-electron chi connectivity index (χ0n) is 12.6. The Morgan fingerprint density at radius 1 is 1.13 bits per heavy atom. The van der Waals surface area contributed by atoms with Crippen LogP contribution in [-0.4, -0.2) is 14.2 Å². The van der Waals surface area contributed by atoms with Gasteiger partial charge in [-0.1, -0.05) is 35.9 Å². The van der Waals surface area contributed by atoms with E-state index in [0.29, 0.717) is 45.2 Å². The number of halogens is 1. The molecule has 0 atom stereocenters. The van der Waals surface area contributed by atoms with Gasteiger partial charge in [0.1, 0.15) is 5.76 Å². The van der Waals surface area contributed by atoms with Crippen LogP contribution in [0.3, 0.4) is 0 Å². The lowest BCUT2D eigenvalue weighted by molar-refractivity contribution is 0.352. The third-order valence-electron chi connectivity index (χ3n) is 4.17. The highest BCUT2D eigenvalue weighted by Crippen LogP contribution is 2.43. The monoisotopic (exact) mass is 328 g/mol. The average Bonchev–Trinajstić information content (AvgIpc) is 2.93. The molecule has 0 N–H and O–H groups in total. The second-order valence-electron chi connectivity index (χ2n) is 5.36. The van der Waals surface area contributed by atoms with E-state index < -0.39 is 0 Å². The SMILES string of the molecule is COc1c(Cl)cc2c(=O)c3c(oc2c1OC)Cc1ccccc1-3. The molecule has 0 aliphatic heterocycles. The fourth-order valence-electron chi connectivity index (χ4n) is 3.16. The van der Waals surface area contributed by atoms with Gasteiger partial charge >= 0.3 is 0 Å². The lowest BCUT2D eigenvalue weighted by Gasteiger charge is -2.12. The first-order valence-electron chi connectivity index (χ1n) is 7.14. The minimum absolute atomic E-state index is 0.103. The Bertz CT molecular complexity index is 1000. The predicted octanol–water partition coefficient (Wildman–Crippen LogP) is 4.03. The van der Waals surface area contributed by atoms with E-state index in [2.05, 4.69) is 0 Å². The van der Waals surface area contributed by atoms with E-state index in [1.807, 2.05) is 24.3 Å². The quantitative estimate of drug-likeness (QED) is 0.557. The number of ether oxygens (including phenoxy) is 2. The molecule has 1 aliphatic carbocycles.